The summed E-state index contributed by atoms with van der Waals surface area (Å²) in [4.78, 5) is 11.1. The molecule has 0 atom stereocenters. The fourth-order valence-electron chi connectivity index (χ4n) is 2.05. The highest BCUT2D eigenvalue weighted by atomic mass is 16.5. The van der Waals surface area contributed by atoms with Crippen molar-refractivity contribution in [3.8, 4) is 5.75 Å². The van der Waals surface area contributed by atoms with E-state index in [1.54, 1.807) is 19.2 Å². The number of benzene rings is 2. The Kier molecular flexibility index (Phi) is 4.18. The third-order valence-electron chi connectivity index (χ3n) is 3.06. The van der Waals surface area contributed by atoms with E-state index in [9.17, 15) is 4.79 Å². The van der Waals surface area contributed by atoms with Crippen LogP contribution in [0.2, 0.25) is 0 Å². The maximum atomic E-state index is 11.1. The molecule has 98 valence electrons. The van der Waals surface area contributed by atoms with E-state index in [1.165, 1.54) is 0 Å². The largest absolute Gasteiger partial charge is 0.497 e. The monoisotopic (exact) mass is 256 g/mol. The van der Waals surface area contributed by atoms with Crippen molar-refractivity contribution in [1.82, 2.24) is 0 Å². The number of hydrogen-bond acceptors (Lipinski definition) is 2. The van der Waals surface area contributed by atoms with Gasteiger partial charge in [-0.25, -0.2) is 4.79 Å². The summed E-state index contributed by atoms with van der Waals surface area (Å²) in [6.07, 6.45) is 1.50. The van der Waals surface area contributed by atoms with Crippen molar-refractivity contribution in [3.05, 3.63) is 65.2 Å². The summed E-state index contributed by atoms with van der Waals surface area (Å²) in [5.74, 6) is -0.0507. The highest BCUT2D eigenvalue weighted by Crippen LogP contribution is 2.16. The van der Waals surface area contributed by atoms with Gasteiger partial charge in [0.25, 0.3) is 0 Å². The number of hydrogen-bond donors (Lipinski definition) is 1. The Bertz CT molecular complexity index is 576. The number of rotatable bonds is 5. The summed E-state index contributed by atoms with van der Waals surface area (Å²) in [6.45, 7) is 0. The van der Waals surface area contributed by atoms with Crippen LogP contribution in [0, 0.1) is 0 Å². The molecule has 19 heavy (non-hydrogen) atoms. The summed E-state index contributed by atoms with van der Waals surface area (Å²) in [7, 11) is 1.64. The molecule has 1 N–H and O–H groups in total. The number of carboxylic acids is 1. The molecule has 0 aromatic heterocycles. The highest BCUT2D eigenvalue weighted by molar-refractivity contribution is 5.89. The predicted octanol–water partition coefficient (Wildman–Crippen LogP) is 3.18. The minimum absolute atomic E-state index is 0.380. The summed E-state index contributed by atoms with van der Waals surface area (Å²) in [5, 5.41) is 9.13. The van der Waals surface area contributed by atoms with Gasteiger partial charge in [0.05, 0.1) is 12.7 Å². The van der Waals surface area contributed by atoms with E-state index in [0.29, 0.717) is 12.0 Å². The first kappa shape index (κ1) is 13.1. The quantitative estimate of drug-likeness (QED) is 0.893. The second kappa shape index (κ2) is 6.05. The highest BCUT2D eigenvalue weighted by Gasteiger charge is 2.08. The summed E-state index contributed by atoms with van der Waals surface area (Å²) in [5.41, 5.74) is 2.38. The van der Waals surface area contributed by atoms with Crippen LogP contribution in [0.1, 0.15) is 21.5 Å². The minimum atomic E-state index is -0.874. The average molecular weight is 256 g/mol. The van der Waals surface area contributed by atoms with E-state index in [4.69, 9.17) is 9.84 Å². The van der Waals surface area contributed by atoms with Gasteiger partial charge in [-0.3, -0.25) is 0 Å². The normalized spacial score (nSPS) is 10.2. The van der Waals surface area contributed by atoms with Gasteiger partial charge in [-0.15, -0.1) is 0 Å². The standard InChI is InChI=1S/C16H16O3/c1-19-14-7-4-5-12(11-14)9-10-13-6-2-3-8-15(13)16(17)18/h2-8,11H,9-10H2,1H3,(H,17,18). The Labute approximate surface area is 112 Å². The molecule has 0 aliphatic heterocycles. The molecule has 0 amide bonds. The van der Waals surface area contributed by atoms with Gasteiger partial charge in [-0.2, -0.15) is 0 Å². The molecule has 0 aliphatic rings. The van der Waals surface area contributed by atoms with Gasteiger partial charge in [0, 0.05) is 0 Å². The Morgan fingerprint density at radius 2 is 1.89 bits per heavy atom. The van der Waals surface area contributed by atoms with Crippen LogP contribution >= 0.6 is 0 Å². The van der Waals surface area contributed by atoms with Crippen LogP contribution in [0.25, 0.3) is 0 Å². The predicted molar refractivity (Wildman–Crippen MR) is 73.8 cm³/mol. The fourth-order valence-corrected chi connectivity index (χ4v) is 2.05. The molecule has 0 fully saturated rings. The first-order valence-corrected chi connectivity index (χ1v) is 6.15. The minimum Gasteiger partial charge on any atom is -0.497 e. The van der Waals surface area contributed by atoms with E-state index < -0.39 is 5.97 Å². The zero-order valence-corrected chi connectivity index (χ0v) is 10.8. The smallest absolute Gasteiger partial charge is 0.335 e. The van der Waals surface area contributed by atoms with Crippen molar-refractivity contribution in [3.63, 3.8) is 0 Å². The van der Waals surface area contributed by atoms with E-state index in [2.05, 4.69) is 0 Å². The molecule has 2 rings (SSSR count). The first-order valence-electron chi connectivity index (χ1n) is 6.15. The van der Waals surface area contributed by atoms with Crippen molar-refractivity contribution < 1.29 is 14.6 Å². The molecule has 0 heterocycles. The van der Waals surface area contributed by atoms with Crippen LogP contribution in [0.15, 0.2) is 48.5 Å². The summed E-state index contributed by atoms with van der Waals surface area (Å²) < 4.78 is 5.17. The van der Waals surface area contributed by atoms with Crippen molar-refractivity contribution in [2.45, 2.75) is 12.8 Å². The van der Waals surface area contributed by atoms with Gasteiger partial charge in [0.15, 0.2) is 0 Å². The zero-order chi connectivity index (χ0) is 13.7. The Morgan fingerprint density at radius 1 is 1.11 bits per heavy atom. The van der Waals surface area contributed by atoms with Gasteiger partial charge < -0.3 is 9.84 Å². The molecule has 3 heteroatoms. The molecule has 0 bridgehead atoms. The molecule has 0 saturated carbocycles. The van der Waals surface area contributed by atoms with Crippen LogP contribution in [-0.4, -0.2) is 18.2 Å². The van der Waals surface area contributed by atoms with Crippen LogP contribution in [0.5, 0.6) is 5.75 Å². The SMILES string of the molecule is COc1cccc(CCc2ccccc2C(=O)O)c1. The molecule has 0 aliphatic carbocycles. The van der Waals surface area contributed by atoms with E-state index >= 15 is 0 Å². The number of carbonyl (C=O) groups is 1. The summed E-state index contributed by atoms with van der Waals surface area (Å²) in [6, 6.07) is 15.0. The van der Waals surface area contributed by atoms with Gasteiger partial charge in [0.2, 0.25) is 0 Å². The van der Waals surface area contributed by atoms with Crippen molar-refractivity contribution in [2.75, 3.05) is 7.11 Å². The molecule has 0 spiro atoms. The lowest BCUT2D eigenvalue weighted by atomic mass is 10.00. The Balaban J connectivity index is 2.12. The molecule has 2 aromatic carbocycles. The van der Waals surface area contributed by atoms with E-state index in [0.717, 1.165) is 23.3 Å². The first-order chi connectivity index (χ1) is 9.20. The number of ether oxygens (including phenoxy) is 1. The topological polar surface area (TPSA) is 46.5 Å². The zero-order valence-electron chi connectivity index (χ0n) is 10.8. The second-order valence-corrected chi connectivity index (χ2v) is 4.31. The Hall–Kier alpha value is -2.29. The second-order valence-electron chi connectivity index (χ2n) is 4.31. The molecular weight excluding hydrogens is 240 g/mol. The third kappa shape index (κ3) is 3.35. The van der Waals surface area contributed by atoms with Gasteiger partial charge in [-0.1, -0.05) is 30.3 Å². The molecule has 0 saturated heterocycles. The maximum absolute atomic E-state index is 11.1. The van der Waals surface area contributed by atoms with Crippen LogP contribution < -0.4 is 4.74 Å². The van der Waals surface area contributed by atoms with Crippen LogP contribution in [0.3, 0.4) is 0 Å². The lowest BCUT2D eigenvalue weighted by Crippen LogP contribution is -2.03. The van der Waals surface area contributed by atoms with Crippen molar-refractivity contribution in [1.29, 1.82) is 0 Å². The fraction of sp³-hybridized carbons (Fsp3) is 0.188. The summed E-state index contributed by atoms with van der Waals surface area (Å²) >= 11 is 0. The van der Waals surface area contributed by atoms with E-state index in [-0.39, 0.29) is 0 Å². The van der Waals surface area contributed by atoms with Crippen molar-refractivity contribution >= 4 is 5.97 Å². The lowest BCUT2D eigenvalue weighted by Gasteiger charge is -2.07. The molecule has 0 radical (unpaired) electrons. The van der Waals surface area contributed by atoms with Gasteiger partial charge in [-0.05, 0) is 42.2 Å². The van der Waals surface area contributed by atoms with Crippen molar-refractivity contribution in [2.24, 2.45) is 0 Å². The molecule has 0 unspecified atom stereocenters. The number of methoxy groups -OCH3 is 1. The van der Waals surface area contributed by atoms with Gasteiger partial charge in [0.1, 0.15) is 5.75 Å². The average Bonchev–Trinajstić information content (AvgIpc) is 2.45. The number of carboxylic acid groups (broad SMARTS) is 1. The lowest BCUT2D eigenvalue weighted by molar-refractivity contribution is 0.0695. The van der Waals surface area contributed by atoms with Crippen LogP contribution in [-0.2, 0) is 12.8 Å². The van der Waals surface area contributed by atoms with Crippen LogP contribution in [0.4, 0.5) is 0 Å². The molecular formula is C16H16O3. The Morgan fingerprint density at radius 3 is 2.63 bits per heavy atom. The van der Waals surface area contributed by atoms with E-state index in [1.807, 2.05) is 36.4 Å². The molecule has 3 nitrogen and oxygen atoms in total. The third-order valence-corrected chi connectivity index (χ3v) is 3.06. The maximum Gasteiger partial charge on any atom is 0.335 e. The number of aromatic carboxylic acids is 1. The molecule has 2 aromatic rings. The van der Waals surface area contributed by atoms with Gasteiger partial charge >= 0.3 is 5.97 Å². The number of aryl methyl sites for hydroxylation is 2.